The van der Waals surface area contributed by atoms with Crippen LogP contribution in [0.15, 0.2) is 0 Å². The third-order valence-electron chi connectivity index (χ3n) is 3.61. The molecule has 1 N–H and O–H groups in total. The fourth-order valence-electron chi connectivity index (χ4n) is 2.82. The van der Waals surface area contributed by atoms with Crippen LogP contribution in [-0.2, 0) is 4.79 Å². The summed E-state index contributed by atoms with van der Waals surface area (Å²) in [5, 5.41) is 3.17. The molecule has 1 heterocycles. The van der Waals surface area contributed by atoms with Crippen molar-refractivity contribution in [1.82, 2.24) is 5.32 Å². The van der Waals surface area contributed by atoms with Crippen LogP contribution in [0.1, 0.15) is 45.4 Å². The Morgan fingerprint density at radius 2 is 2.23 bits per heavy atom. The third-order valence-corrected chi connectivity index (χ3v) is 3.61. The van der Waals surface area contributed by atoms with Crippen molar-refractivity contribution in [3.8, 4) is 0 Å². The van der Waals surface area contributed by atoms with Gasteiger partial charge in [-0.15, -0.1) is 0 Å². The van der Waals surface area contributed by atoms with Gasteiger partial charge in [0.05, 0.1) is 0 Å². The molecule has 2 fully saturated rings. The largest absolute Gasteiger partial charge is 0.353 e. The lowest BCUT2D eigenvalue weighted by molar-refractivity contribution is -0.125. The molecule has 0 spiro atoms. The van der Waals surface area contributed by atoms with Gasteiger partial charge in [0.15, 0.2) is 0 Å². The summed E-state index contributed by atoms with van der Waals surface area (Å²) in [6.45, 7) is 2.12. The molecule has 3 atom stereocenters. The van der Waals surface area contributed by atoms with Crippen LogP contribution in [0.4, 0.5) is 0 Å². The highest BCUT2D eigenvalue weighted by Crippen LogP contribution is 2.33. The molecule has 0 aromatic heterocycles. The van der Waals surface area contributed by atoms with Gasteiger partial charge in [-0.1, -0.05) is 19.8 Å². The van der Waals surface area contributed by atoms with E-state index >= 15 is 0 Å². The second-order valence-electron chi connectivity index (χ2n) is 4.58. The zero-order valence-electron chi connectivity index (χ0n) is 8.38. The van der Waals surface area contributed by atoms with Gasteiger partial charge in [0.1, 0.15) is 0 Å². The van der Waals surface area contributed by atoms with E-state index in [9.17, 15) is 4.79 Å². The number of hydrogen-bond donors (Lipinski definition) is 1. The standard InChI is InChI=1S/C11H19NO/c1-2-9-6-8-4-3-5-10(7-8)12-11(9)13/h8-10H,2-7H2,1H3,(H,12,13). The van der Waals surface area contributed by atoms with Gasteiger partial charge in [0.2, 0.25) is 5.91 Å². The Hall–Kier alpha value is -0.530. The van der Waals surface area contributed by atoms with Crippen molar-refractivity contribution in [2.75, 3.05) is 0 Å². The van der Waals surface area contributed by atoms with Gasteiger partial charge < -0.3 is 5.32 Å². The fourth-order valence-corrected chi connectivity index (χ4v) is 2.82. The Balaban J connectivity index is 2.07. The molecular formula is C11H19NO. The topological polar surface area (TPSA) is 29.1 Å². The molecule has 2 bridgehead atoms. The zero-order valence-corrected chi connectivity index (χ0v) is 8.38. The zero-order chi connectivity index (χ0) is 9.26. The Morgan fingerprint density at radius 3 is 3.00 bits per heavy atom. The van der Waals surface area contributed by atoms with Gasteiger partial charge in [0.25, 0.3) is 0 Å². The molecule has 13 heavy (non-hydrogen) atoms. The highest BCUT2D eigenvalue weighted by molar-refractivity contribution is 5.79. The molecule has 2 aliphatic rings. The van der Waals surface area contributed by atoms with E-state index in [0.717, 1.165) is 18.8 Å². The maximum absolute atomic E-state index is 11.7. The summed E-state index contributed by atoms with van der Waals surface area (Å²) in [5.41, 5.74) is 0. The molecule has 3 unspecified atom stereocenters. The molecule has 1 amide bonds. The summed E-state index contributed by atoms with van der Waals surface area (Å²) in [7, 11) is 0. The van der Waals surface area contributed by atoms with Crippen LogP contribution in [0, 0.1) is 11.8 Å². The summed E-state index contributed by atoms with van der Waals surface area (Å²) in [6, 6.07) is 0.503. The smallest absolute Gasteiger partial charge is 0.223 e. The highest BCUT2D eigenvalue weighted by Gasteiger charge is 2.32. The predicted molar refractivity (Wildman–Crippen MR) is 52.3 cm³/mol. The number of rotatable bonds is 1. The van der Waals surface area contributed by atoms with Crippen molar-refractivity contribution in [1.29, 1.82) is 0 Å². The van der Waals surface area contributed by atoms with Crippen molar-refractivity contribution >= 4 is 5.91 Å². The van der Waals surface area contributed by atoms with Crippen molar-refractivity contribution in [3.05, 3.63) is 0 Å². The van der Waals surface area contributed by atoms with E-state index in [0.29, 0.717) is 17.9 Å². The van der Waals surface area contributed by atoms with Crippen molar-refractivity contribution in [2.24, 2.45) is 11.8 Å². The van der Waals surface area contributed by atoms with E-state index in [1.54, 1.807) is 0 Å². The highest BCUT2D eigenvalue weighted by atomic mass is 16.1. The van der Waals surface area contributed by atoms with E-state index in [-0.39, 0.29) is 0 Å². The molecule has 74 valence electrons. The molecule has 1 aliphatic heterocycles. The fraction of sp³-hybridized carbons (Fsp3) is 0.909. The van der Waals surface area contributed by atoms with Gasteiger partial charge in [-0.3, -0.25) is 4.79 Å². The number of carbonyl (C=O) groups excluding carboxylic acids is 1. The SMILES string of the molecule is CCC1CC2CCCC(C2)NC1=O. The summed E-state index contributed by atoms with van der Waals surface area (Å²) >= 11 is 0. The quantitative estimate of drug-likeness (QED) is 0.659. The summed E-state index contributed by atoms with van der Waals surface area (Å²) < 4.78 is 0. The third kappa shape index (κ3) is 1.87. The lowest BCUT2D eigenvalue weighted by atomic mass is 9.82. The lowest BCUT2D eigenvalue weighted by Crippen LogP contribution is -2.37. The van der Waals surface area contributed by atoms with Crippen molar-refractivity contribution in [3.63, 3.8) is 0 Å². The van der Waals surface area contributed by atoms with E-state index in [1.165, 1.54) is 25.7 Å². The van der Waals surface area contributed by atoms with Crippen LogP contribution in [-0.4, -0.2) is 11.9 Å². The maximum Gasteiger partial charge on any atom is 0.223 e. The number of carbonyl (C=O) groups is 1. The Morgan fingerprint density at radius 1 is 1.38 bits per heavy atom. The molecule has 2 nitrogen and oxygen atoms in total. The normalized spacial score (nSPS) is 39.5. The first kappa shape index (κ1) is 9.04. The van der Waals surface area contributed by atoms with Crippen LogP contribution in [0.5, 0.6) is 0 Å². The van der Waals surface area contributed by atoms with Crippen molar-refractivity contribution < 1.29 is 4.79 Å². The van der Waals surface area contributed by atoms with Gasteiger partial charge in [-0.05, 0) is 31.6 Å². The van der Waals surface area contributed by atoms with Gasteiger partial charge in [-0.2, -0.15) is 0 Å². The summed E-state index contributed by atoms with van der Waals surface area (Å²) in [6.07, 6.45) is 7.25. The Labute approximate surface area is 80.1 Å². The number of nitrogens with one attached hydrogen (secondary N) is 1. The molecular weight excluding hydrogens is 162 g/mol. The van der Waals surface area contributed by atoms with E-state index in [4.69, 9.17) is 0 Å². The lowest BCUT2D eigenvalue weighted by Gasteiger charge is -2.25. The van der Waals surface area contributed by atoms with Crippen LogP contribution in [0.25, 0.3) is 0 Å². The molecule has 1 saturated heterocycles. The number of fused-ring (bicyclic) bond motifs is 2. The predicted octanol–water partition coefficient (Wildman–Crippen LogP) is 2.09. The van der Waals surface area contributed by atoms with Gasteiger partial charge in [-0.25, -0.2) is 0 Å². The van der Waals surface area contributed by atoms with Crippen LogP contribution < -0.4 is 5.32 Å². The Kier molecular flexibility index (Phi) is 2.56. The Bertz CT molecular complexity index is 202. The monoisotopic (exact) mass is 181 g/mol. The first-order chi connectivity index (χ1) is 6.29. The van der Waals surface area contributed by atoms with Crippen LogP contribution in [0.2, 0.25) is 0 Å². The minimum Gasteiger partial charge on any atom is -0.353 e. The van der Waals surface area contributed by atoms with Crippen molar-refractivity contribution in [2.45, 2.75) is 51.5 Å². The van der Waals surface area contributed by atoms with E-state index in [1.807, 2.05) is 0 Å². The first-order valence-electron chi connectivity index (χ1n) is 5.60. The summed E-state index contributed by atoms with van der Waals surface area (Å²) in [4.78, 5) is 11.7. The summed E-state index contributed by atoms with van der Waals surface area (Å²) in [5.74, 6) is 1.44. The molecule has 2 heteroatoms. The van der Waals surface area contributed by atoms with E-state index < -0.39 is 0 Å². The number of amides is 1. The molecule has 0 radical (unpaired) electrons. The van der Waals surface area contributed by atoms with Crippen LogP contribution in [0.3, 0.4) is 0 Å². The number of hydrogen-bond acceptors (Lipinski definition) is 1. The molecule has 1 saturated carbocycles. The van der Waals surface area contributed by atoms with Gasteiger partial charge in [0, 0.05) is 12.0 Å². The molecule has 1 aliphatic carbocycles. The average molecular weight is 181 g/mol. The first-order valence-corrected chi connectivity index (χ1v) is 5.60. The molecule has 0 aromatic rings. The molecule has 0 aromatic carbocycles. The molecule has 2 rings (SSSR count). The minimum atomic E-state index is 0.299. The minimum absolute atomic E-state index is 0.299. The second-order valence-corrected chi connectivity index (χ2v) is 4.58. The van der Waals surface area contributed by atoms with Crippen LogP contribution >= 0.6 is 0 Å². The van der Waals surface area contributed by atoms with Gasteiger partial charge >= 0.3 is 0 Å². The maximum atomic E-state index is 11.7. The average Bonchev–Trinajstić information content (AvgIpc) is 2.23. The second kappa shape index (κ2) is 3.69. The van der Waals surface area contributed by atoms with E-state index in [2.05, 4.69) is 12.2 Å².